The molecule has 0 unspecified atom stereocenters. The van der Waals surface area contributed by atoms with Crippen molar-refractivity contribution in [2.75, 3.05) is 0 Å². The zero-order valence-corrected chi connectivity index (χ0v) is 7.97. The Labute approximate surface area is 82.7 Å². The lowest BCUT2D eigenvalue weighted by Gasteiger charge is -2.22. The predicted molar refractivity (Wildman–Crippen MR) is 53.7 cm³/mol. The monoisotopic (exact) mass is 185 g/mol. The van der Waals surface area contributed by atoms with Crippen molar-refractivity contribution in [3.8, 4) is 0 Å². The lowest BCUT2D eigenvalue weighted by molar-refractivity contribution is 0.565. The predicted octanol–water partition coefficient (Wildman–Crippen LogP) is 2.24. The summed E-state index contributed by atoms with van der Waals surface area (Å²) in [6.45, 7) is 0. The van der Waals surface area contributed by atoms with Gasteiger partial charge in [-0.05, 0) is 54.4 Å². The Hall–Kier alpha value is -1.40. The van der Waals surface area contributed by atoms with Crippen molar-refractivity contribution in [2.24, 2.45) is 4.99 Å². The molecule has 0 N–H and O–H groups in total. The first-order valence-corrected chi connectivity index (χ1v) is 5.14. The molecule has 0 atom stereocenters. The van der Waals surface area contributed by atoms with Gasteiger partial charge < -0.3 is 0 Å². The Bertz CT molecular complexity index is 456. The van der Waals surface area contributed by atoms with E-state index < -0.39 is 0 Å². The Morgan fingerprint density at radius 3 is 2.57 bits per heavy atom. The molecule has 70 valence electrons. The second-order valence-corrected chi connectivity index (χ2v) is 4.06. The van der Waals surface area contributed by atoms with Gasteiger partial charge in [0.2, 0.25) is 6.08 Å². The van der Waals surface area contributed by atoms with E-state index in [0.29, 0.717) is 0 Å². The minimum atomic E-state index is 0.955. The minimum Gasteiger partial charge on any atom is -0.211 e. The van der Waals surface area contributed by atoms with Crippen LogP contribution in [0.4, 0.5) is 5.69 Å². The SMILES string of the molecule is O=C=Nc1c2c(cc3c1CC3)CCC2. The van der Waals surface area contributed by atoms with Crippen molar-refractivity contribution >= 4 is 11.8 Å². The van der Waals surface area contributed by atoms with Gasteiger partial charge in [-0.1, -0.05) is 6.07 Å². The number of aliphatic imine (C=N–C) groups is 1. The normalized spacial score (nSPS) is 16.6. The van der Waals surface area contributed by atoms with Crippen molar-refractivity contribution in [1.29, 1.82) is 0 Å². The second-order valence-electron chi connectivity index (χ2n) is 4.06. The molecular weight excluding hydrogens is 174 g/mol. The maximum absolute atomic E-state index is 10.4. The summed E-state index contributed by atoms with van der Waals surface area (Å²) in [5.41, 5.74) is 6.38. The van der Waals surface area contributed by atoms with Crippen LogP contribution in [0.15, 0.2) is 11.1 Å². The summed E-state index contributed by atoms with van der Waals surface area (Å²) >= 11 is 0. The van der Waals surface area contributed by atoms with Crippen molar-refractivity contribution in [3.05, 3.63) is 28.3 Å². The maximum Gasteiger partial charge on any atom is 0.240 e. The first-order chi connectivity index (χ1) is 6.90. The molecule has 0 radical (unpaired) electrons. The van der Waals surface area contributed by atoms with Crippen LogP contribution in [0.3, 0.4) is 0 Å². The molecule has 14 heavy (non-hydrogen) atoms. The molecule has 2 heteroatoms. The molecule has 0 fully saturated rings. The number of fused-ring (bicyclic) bond motifs is 2. The van der Waals surface area contributed by atoms with Crippen LogP contribution in [0.1, 0.15) is 28.7 Å². The molecule has 0 saturated heterocycles. The van der Waals surface area contributed by atoms with Gasteiger partial charge in [-0.3, -0.25) is 0 Å². The van der Waals surface area contributed by atoms with E-state index >= 15 is 0 Å². The van der Waals surface area contributed by atoms with Gasteiger partial charge in [0, 0.05) is 0 Å². The van der Waals surface area contributed by atoms with Crippen molar-refractivity contribution in [2.45, 2.75) is 32.1 Å². The zero-order valence-electron chi connectivity index (χ0n) is 7.97. The molecule has 1 aromatic carbocycles. The van der Waals surface area contributed by atoms with Crippen LogP contribution in [0.25, 0.3) is 0 Å². The van der Waals surface area contributed by atoms with Gasteiger partial charge in [0.25, 0.3) is 0 Å². The molecule has 0 saturated carbocycles. The summed E-state index contributed by atoms with van der Waals surface area (Å²) in [6, 6.07) is 2.31. The quantitative estimate of drug-likeness (QED) is 0.487. The van der Waals surface area contributed by atoms with E-state index in [2.05, 4.69) is 11.1 Å². The largest absolute Gasteiger partial charge is 0.240 e. The zero-order chi connectivity index (χ0) is 9.54. The highest BCUT2D eigenvalue weighted by Gasteiger charge is 2.25. The Kier molecular flexibility index (Phi) is 1.59. The van der Waals surface area contributed by atoms with E-state index in [1.54, 1.807) is 6.08 Å². The first kappa shape index (κ1) is 7.95. The van der Waals surface area contributed by atoms with Crippen molar-refractivity contribution in [3.63, 3.8) is 0 Å². The fourth-order valence-corrected chi connectivity index (χ4v) is 2.59. The molecule has 0 amide bonds. The number of isocyanates is 1. The summed E-state index contributed by atoms with van der Waals surface area (Å²) < 4.78 is 0. The number of hydrogen-bond acceptors (Lipinski definition) is 2. The molecule has 0 aliphatic heterocycles. The summed E-state index contributed by atoms with van der Waals surface area (Å²) in [6.07, 6.45) is 7.38. The van der Waals surface area contributed by atoms with Crippen LogP contribution in [-0.2, 0) is 30.5 Å². The Morgan fingerprint density at radius 1 is 1.07 bits per heavy atom. The third-order valence-corrected chi connectivity index (χ3v) is 3.37. The standard InChI is InChI=1S/C12H11NO/c14-7-13-12-10-3-1-2-8(10)6-9-4-5-11(9)12/h6H,1-5H2. The van der Waals surface area contributed by atoms with Crippen LogP contribution in [0.2, 0.25) is 0 Å². The molecule has 0 spiro atoms. The minimum absolute atomic E-state index is 0.955. The highest BCUT2D eigenvalue weighted by Crippen LogP contribution is 2.40. The highest BCUT2D eigenvalue weighted by molar-refractivity contribution is 5.67. The topological polar surface area (TPSA) is 29.4 Å². The van der Waals surface area contributed by atoms with E-state index in [1.807, 2.05) is 0 Å². The molecule has 1 aromatic rings. The number of aryl methyl sites for hydroxylation is 2. The Morgan fingerprint density at radius 2 is 1.86 bits per heavy atom. The third-order valence-electron chi connectivity index (χ3n) is 3.37. The number of nitrogens with zero attached hydrogens (tertiary/aromatic N) is 1. The van der Waals surface area contributed by atoms with Gasteiger partial charge >= 0.3 is 0 Å². The molecule has 2 nitrogen and oxygen atoms in total. The Balaban J connectivity index is 2.29. The summed E-state index contributed by atoms with van der Waals surface area (Å²) in [4.78, 5) is 14.3. The number of hydrogen-bond donors (Lipinski definition) is 0. The number of benzene rings is 1. The second kappa shape index (κ2) is 2.79. The van der Waals surface area contributed by atoms with Crippen LogP contribution < -0.4 is 0 Å². The third kappa shape index (κ3) is 0.919. The van der Waals surface area contributed by atoms with Crippen LogP contribution in [0, 0.1) is 0 Å². The van der Waals surface area contributed by atoms with Crippen LogP contribution in [-0.4, -0.2) is 6.08 Å². The summed E-state index contributed by atoms with van der Waals surface area (Å²) in [7, 11) is 0. The average molecular weight is 185 g/mol. The maximum atomic E-state index is 10.4. The van der Waals surface area contributed by atoms with E-state index in [-0.39, 0.29) is 0 Å². The lowest BCUT2D eigenvalue weighted by atomic mass is 9.83. The van der Waals surface area contributed by atoms with Crippen LogP contribution in [0.5, 0.6) is 0 Å². The first-order valence-electron chi connectivity index (χ1n) is 5.14. The molecular formula is C12H11NO. The van der Waals surface area contributed by atoms with Gasteiger partial charge in [0.05, 0.1) is 5.69 Å². The summed E-state index contributed by atoms with van der Waals surface area (Å²) in [5, 5.41) is 0. The molecule has 2 aliphatic carbocycles. The fraction of sp³-hybridized carbons (Fsp3) is 0.417. The van der Waals surface area contributed by atoms with Gasteiger partial charge in [0.1, 0.15) is 0 Å². The van der Waals surface area contributed by atoms with E-state index in [0.717, 1.165) is 31.4 Å². The molecule has 0 aromatic heterocycles. The smallest absolute Gasteiger partial charge is 0.211 e. The van der Waals surface area contributed by atoms with Crippen LogP contribution >= 0.6 is 0 Å². The van der Waals surface area contributed by atoms with E-state index in [9.17, 15) is 4.79 Å². The summed E-state index contributed by atoms with van der Waals surface area (Å²) in [5.74, 6) is 0. The average Bonchev–Trinajstić information content (AvgIpc) is 2.58. The molecule has 0 bridgehead atoms. The van der Waals surface area contributed by atoms with E-state index in [4.69, 9.17) is 0 Å². The molecule has 2 aliphatic rings. The molecule has 3 rings (SSSR count). The van der Waals surface area contributed by atoms with Gasteiger partial charge in [0.15, 0.2) is 0 Å². The lowest BCUT2D eigenvalue weighted by Crippen LogP contribution is -2.10. The van der Waals surface area contributed by atoms with Crippen molar-refractivity contribution < 1.29 is 4.79 Å². The number of rotatable bonds is 1. The fourth-order valence-electron chi connectivity index (χ4n) is 2.59. The van der Waals surface area contributed by atoms with Gasteiger partial charge in [-0.15, -0.1) is 0 Å². The molecule has 0 heterocycles. The number of carbonyl (C=O) groups excluding carboxylic acids is 1. The van der Waals surface area contributed by atoms with Crippen molar-refractivity contribution in [1.82, 2.24) is 0 Å². The van der Waals surface area contributed by atoms with Gasteiger partial charge in [-0.25, -0.2) is 4.79 Å². The van der Waals surface area contributed by atoms with E-state index in [1.165, 1.54) is 28.7 Å². The highest BCUT2D eigenvalue weighted by atomic mass is 16.1. The van der Waals surface area contributed by atoms with Gasteiger partial charge in [-0.2, -0.15) is 4.99 Å².